The maximum Gasteiger partial charge on any atom is 0.220 e. The average molecular weight is 436 g/mol. The van der Waals surface area contributed by atoms with Crippen molar-refractivity contribution in [2.75, 3.05) is 19.6 Å². The highest BCUT2D eigenvalue weighted by atomic mass is 127. The second kappa shape index (κ2) is 9.11. The minimum absolute atomic E-state index is 0. The smallest absolute Gasteiger partial charge is 0.220 e. The van der Waals surface area contributed by atoms with Gasteiger partial charge in [-0.1, -0.05) is 0 Å². The molecule has 0 saturated carbocycles. The van der Waals surface area contributed by atoms with E-state index < -0.39 is 5.60 Å². The monoisotopic (exact) mass is 436 g/mol. The largest absolute Gasteiger partial charge is 0.466 e. The summed E-state index contributed by atoms with van der Waals surface area (Å²) in [5.74, 6) is 1.19. The summed E-state index contributed by atoms with van der Waals surface area (Å²) in [6.45, 7) is 5.12. The van der Waals surface area contributed by atoms with Crippen LogP contribution in [0.15, 0.2) is 27.8 Å². The summed E-state index contributed by atoms with van der Waals surface area (Å²) < 4.78 is 5.24. The van der Waals surface area contributed by atoms with Gasteiger partial charge in [0, 0.05) is 25.6 Å². The molecule has 1 aromatic heterocycles. The zero-order valence-electron chi connectivity index (χ0n) is 13.5. The first-order valence-corrected chi connectivity index (χ1v) is 7.59. The normalized spacial score (nSPS) is 20.9. The first-order chi connectivity index (χ1) is 10.5. The molecule has 2 unspecified atom stereocenters. The summed E-state index contributed by atoms with van der Waals surface area (Å²) in [6.07, 6.45) is 2.81. The molecule has 1 amide bonds. The molecule has 1 aliphatic rings. The Morgan fingerprint density at radius 3 is 2.96 bits per heavy atom. The van der Waals surface area contributed by atoms with Crippen molar-refractivity contribution in [1.29, 1.82) is 0 Å². The van der Waals surface area contributed by atoms with E-state index in [4.69, 9.17) is 4.42 Å². The summed E-state index contributed by atoms with van der Waals surface area (Å²) in [5, 5.41) is 19.7. The number of rotatable bonds is 5. The van der Waals surface area contributed by atoms with Crippen molar-refractivity contribution in [3.63, 3.8) is 0 Å². The fourth-order valence-electron chi connectivity index (χ4n) is 2.27. The number of carbonyl (C=O) groups is 1. The maximum atomic E-state index is 11.2. The number of furan rings is 1. The van der Waals surface area contributed by atoms with Crippen LogP contribution in [-0.2, 0) is 10.4 Å². The number of carbonyl (C=O) groups excluding carboxylic acids is 1. The Labute approximate surface area is 153 Å². The van der Waals surface area contributed by atoms with Gasteiger partial charge in [0.2, 0.25) is 5.91 Å². The van der Waals surface area contributed by atoms with Crippen molar-refractivity contribution >= 4 is 35.8 Å². The highest BCUT2D eigenvalue weighted by Crippen LogP contribution is 2.21. The molecule has 1 aromatic rings. The van der Waals surface area contributed by atoms with Gasteiger partial charge in [-0.15, -0.1) is 24.0 Å². The van der Waals surface area contributed by atoms with Gasteiger partial charge >= 0.3 is 0 Å². The predicted molar refractivity (Wildman–Crippen MR) is 98.8 cm³/mol. The van der Waals surface area contributed by atoms with E-state index in [9.17, 15) is 9.90 Å². The van der Waals surface area contributed by atoms with E-state index in [1.54, 1.807) is 19.1 Å². The van der Waals surface area contributed by atoms with Crippen LogP contribution in [0.25, 0.3) is 0 Å². The van der Waals surface area contributed by atoms with Crippen molar-refractivity contribution < 1.29 is 14.3 Å². The molecule has 0 aliphatic carbocycles. The first-order valence-electron chi connectivity index (χ1n) is 7.59. The van der Waals surface area contributed by atoms with Gasteiger partial charge in [0.05, 0.1) is 12.8 Å². The number of nitrogens with zero attached hydrogens (tertiary/aromatic N) is 1. The third kappa shape index (κ3) is 6.02. The Bertz CT molecular complexity index is 507. The van der Waals surface area contributed by atoms with E-state index in [0.29, 0.717) is 31.2 Å². The van der Waals surface area contributed by atoms with E-state index in [1.165, 1.54) is 6.26 Å². The number of piperidine rings is 1. The van der Waals surface area contributed by atoms with Gasteiger partial charge in [-0.3, -0.25) is 4.79 Å². The molecule has 130 valence electrons. The van der Waals surface area contributed by atoms with Crippen molar-refractivity contribution in [3.05, 3.63) is 24.2 Å². The molecule has 0 spiro atoms. The third-order valence-electron chi connectivity index (χ3n) is 3.55. The Hall–Kier alpha value is -1.29. The minimum Gasteiger partial charge on any atom is -0.466 e. The van der Waals surface area contributed by atoms with Crippen molar-refractivity contribution in [2.24, 2.45) is 4.99 Å². The number of hydrogen-bond acceptors (Lipinski definition) is 4. The molecule has 1 saturated heterocycles. The van der Waals surface area contributed by atoms with E-state index >= 15 is 0 Å². The Morgan fingerprint density at radius 2 is 2.39 bits per heavy atom. The van der Waals surface area contributed by atoms with Gasteiger partial charge in [-0.05, 0) is 32.4 Å². The first kappa shape index (κ1) is 19.8. The van der Waals surface area contributed by atoms with Crippen LogP contribution in [0.5, 0.6) is 0 Å². The molecule has 2 rings (SSSR count). The molecule has 4 N–H and O–H groups in total. The van der Waals surface area contributed by atoms with Gasteiger partial charge in [-0.25, -0.2) is 4.99 Å². The molecule has 7 nitrogen and oxygen atoms in total. The fourth-order valence-corrected chi connectivity index (χ4v) is 2.27. The molecule has 1 fully saturated rings. The molecule has 0 aromatic carbocycles. The molecule has 0 bridgehead atoms. The number of halogens is 1. The summed E-state index contributed by atoms with van der Waals surface area (Å²) in [5.41, 5.74) is -1.16. The molecule has 2 heterocycles. The van der Waals surface area contributed by atoms with Crippen LogP contribution in [0.2, 0.25) is 0 Å². The SMILES string of the molecule is CCNC(=NCC(C)(O)c1ccco1)NC1CCC(=O)NC1.I. The predicted octanol–water partition coefficient (Wildman–Crippen LogP) is 0.939. The van der Waals surface area contributed by atoms with Crippen molar-refractivity contribution in [2.45, 2.75) is 38.3 Å². The quantitative estimate of drug-likeness (QED) is 0.313. The third-order valence-corrected chi connectivity index (χ3v) is 3.55. The fraction of sp³-hybridized carbons (Fsp3) is 0.600. The van der Waals surface area contributed by atoms with Gasteiger partial charge in [-0.2, -0.15) is 0 Å². The van der Waals surface area contributed by atoms with Gasteiger partial charge < -0.3 is 25.5 Å². The van der Waals surface area contributed by atoms with E-state index in [-0.39, 0.29) is 42.5 Å². The number of guanidine groups is 1. The zero-order valence-corrected chi connectivity index (χ0v) is 15.8. The Balaban J connectivity index is 0.00000264. The minimum atomic E-state index is -1.16. The van der Waals surface area contributed by atoms with E-state index in [1.807, 2.05) is 6.92 Å². The molecular weight excluding hydrogens is 411 g/mol. The molecule has 8 heteroatoms. The summed E-state index contributed by atoms with van der Waals surface area (Å²) in [4.78, 5) is 15.6. The highest BCUT2D eigenvalue weighted by molar-refractivity contribution is 14.0. The lowest BCUT2D eigenvalue weighted by Gasteiger charge is -2.26. The van der Waals surface area contributed by atoms with Crippen LogP contribution in [-0.4, -0.2) is 42.6 Å². The second-order valence-electron chi connectivity index (χ2n) is 5.63. The Kier molecular flexibility index (Phi) is 7.83. The number of nitrogens with one attached hydrogen (secondary N) is 3. The van der Waals surface area contributed by atoms with Crippen molar-refractivity contribution in [1.82, 2.24) is 16.0 Å². The van der Waals surface area contributed by atoms with Gasteiger partial charge in [0.25, 0.3) is 0 Å². The number of aliphatic hydroxyl groups is 1. The lowest BCUT2D eigenvalue weighted by Crippen LogP contribution is -2.51. The van der Waals surface area contributed by atoms with E-state index in [2.05, 4.69) is 20.9 Å². The number of aliphatic imine (C=N–C) groups is 1. The second-order valence-corrected chi connectivity index (χ2v) is 5.63. The molecule has 0 radical (unpaired) electrons. The Morgan fingerprint density at radius 1 is 1.61 bits per heavy atom. The average Bonchev–Trinajstić information content (AvgIpc) is 3.02. The lowest BCUT2D eigenvalue weighted by atomic mass is 10.0. The topological polar surface area (TPSA) is 98.9 Å². The van der Waals surface area contributed by atoms with Crippen LogP contribution in [0, 0.1) is 0 Å². The van der Waals surface area contributed by atoms with Gasteiger partial charge in [0.15, 0.2) is 5.96 Å². The summed E-state index contributed by atoms with van der Waals surface area (Å²) in [7, 11) is 0. The van der Waals surface area contributed by atoms with Crippen LogP contribution >= 0.6 is 24.0 Å². The van der Waals surface area contributed by atoms with Crippen LogP contribution in [0.3, 0.4) is 0 Å². The summed E-state index contributed by atoms with van der Waals surface area (Å²) in [6, 6.07) is 3.61. The molecule has 1 aliphatic heterocycles. The lowest BCUT2D eigenvalue weighted by molar-refractivity contribution is -0.122. The molecule has 23 heavy (non-hydrogen) atoms. The summed E-state index contributed by atoms with van der Waals surface area (Å²) >= 11 is 0. The standard InChI is InChI=1S/C15H24N4O3.HI/c1-3-16-14(19-11-6-7-13(20)17-9-11)18-10-15(2,21)12-5-4-8-22-12;/h4-5,8,11,21H,3,6-7,9-10H2,1-2H3,(H,17,20)(H2,16,18,19);1H. The maximum absolute atomic E-state index is 11.2. The van der Waals surface area contributed by atoms with Gasteiger partial charge in [0.1, 0.15) is 11.4 Å². The van der Waals surface area contributed by atoms with Crippen molar-refractivity contribution in [3.8, 4) is 0 Å². The van der Waals surface area contributed by atoms with Crippen LogP contribution in [0.4, 0.5) is 0 Å². The molecular formula is C15H25IN4O3. The van der Waals surface area contributed by atoms with E-state index in [0.717, 1.165) is 6.42 Å². The number of amides is 1. The zero-order chi connectivity index (χ0) is 16.0. The van der Waals surface area contributed by atoms with Crippen LogP contribution < -0.4 is 16.0 Å². The highest BCUT2D eigenvalue weighted by Gasteiger charge is 2.26. The molecule has 2 atom stereocenters. The number of hydrogen-bond donors (Lipinski definition) is 4. The van der Waals surface area contributed by atoms with Crippen LogP contribution in [0.1, 0.15) is 32.4 Å².